The van der Waals surface area contributed by atoms with Gasteiger partial charge in [0.1, 0.15) is 0 Å². The molecule has 2 aliphatic rings. The first-order valence-corrected chi connectivity index (χ1v) is 15.7. The fourth-order valence-electron chi connectivity index (χ4n) is 6.89. The number of halogens is 1. The average Bonchev–Trinajstić information content (AvgIpc) is 3.09. The number of carbonyl (C=O) groups excluding carboxylic acids is 2. The highest BCUT2D eigenvalue weighted by Gasteiger charge is 2.40. The van der Waals surface area contributed by atoms with Crippen LogP contribution in [0.3, 0.4) is 0 Å². The van der Waals surface area contributed by atoms with Gasteiger partial charge in [0.2, 0.25) is 0 Å². The maximum absolute atomic E-state index is 13.7. The molecule has 0 amide bonds. The zero-order valence-corrected chi connectivity index (χ0v) is 28.6. The van der Waals surface area contributed by atoms with Crippen LogP contribution in [0, 0.1) is 10.1 Å². The number of ether oxygens (including phenoxy) is 2. The van der Waals surface area contributed by atoms with Crippen LogP contribution in [0.15, 0.2) is 107 Å². The fourth-order valence-corrected chi connectivity index (χ4v) is 6.89. The summed E-state index contributed by atoms with van der Waals surface area (Å²) in [4.78, 5) is 41.8. The van der Waals surface area contributed by atoms with E-state index in [1.54, 1.807) is 31.0 Å². The van der Waals surface area contributed by atoms with Gasteiger partial charge in [0.15, 0.2) is 0 Å². The van der Waals surface area contributed by atoms with E-state index in [1.807, 2.05) is 6.92 Å². The molecule has 1 fully saturated rings. The maximum Gasteiger partial charge on any atom is 0.336 e. The smallest absolute Gasteiger partial charge is 0.336 e. The number of nitro benzene ring substituents is 1. The van der Waals surface area contributed by atoms with Crippen molar-refractivity contribution in [1.82, 2.24) is 9.80 Å². The number of methoxy groups -OCH3 is 1. The van der Waals surface area contributed by atoms with E-state index in [1.165, 1.54) is 30.4 Å². The molecular weight excluding hydrogens is 634 g/mol. The Morgan fingerprint density at radius 2 is 1.35 bits per heavy atom. The van der Waals surface area contributed by atoms with Gasteiger partial charge in [-0.3, -0.25) is 10.1 Å². The van der Waals surface area contributed by atoms with Gasteiger partial charge in [-0.2, -0.15) is 0 Å². The molecule has 2 N–H and O–H groups in total. The molecule has 0 aromatic heterocycles. The molecule has 48 heavy (non-hydrogen) atoms. The fraction of sp³-hybridized carbons (Fsp3) is 0.351. The van der Waals surface area contributed by atoms with Gasteiger partial charge in [-0.15, -0.1) is 12.4 Å². The predicted molar refractivity (Wildman–Crippen MR) is 187 cm³/mol. The van der Waals surface area contributed by atoms with Gasteiger partial charge in [0.05, 0.1) is 35.7 Å². The third-order valence-electron chi connectivity index (χ3n) is 9.64. The normalized spacial score (nSPS) is 17.6. The molecule has 11 heteroatoms. The Morgan fingerprint density at radius 1 is 0.854 bits per heavy atom. The van der Waals surface area contributed by atoms with Crippen LogP contribution in [0.25, 0.3) is 0 Å². The van der Waals surface area contributed by atoms with Crippen molar-refractivity contribution in [3.63, 3.8) is 0 Å². The lowest BCUT2D eigenvalue weighted by atomic mass is 9.68. The Balaban J connectivity index is 0.00000312. The summed E-state index contributed by atoms with van der Waals surface area (Å²) in [6, 6.07) is 27.4. The summed E-state index contributed by atoms with van der Waals surface area (Å²) in [5, 5.41) is 11.3. The molecule has 0 spiro atoms. The topological polar surface area (TPSA) is 134 Å². The number of hydrogen-bond acceptors (Lipinski definition) is 8. The molecule has 1 atom stereocenters. The summed E-state index contributed by atoms with van der Waals surface area (Å²) in [7, 11) is 3.08. The second kappa shape index (κ2) is 16.5. The maximum atomic E-state index is 13.7. The number of allylic oxidation sites excluding steroid dienone is 2. The van der Waals surface area contributed by atoms with Gasteiger partial charge in [-0.1, -0.05) is 72.8 Å². The minimum Gasteiger partial charge on any atom is -0.466 e. The van der Waals surface area contributed by atoms with E-state index in [2.05, 4.69) is 65.6 Å². The lowest BCUT2D eigenvalue weighted by Crippen LogP contribution is -2.43. The van der Waals surface area contributed by atoms with Crippen LogP contribution in [-0.2, 0) is 24.5 Å². The van der Waals surface area contributed by atoms with Crippen LogP contribution in [0.1, 0.15) is 55.7 Å². The third kappa shape index (κ3) is 7.62. The van der Waals surface area contributed by atoms with Crippen molar-refractivity contribution in [2.45, 2.75) is 44.4 Å². The van der Waals surface area contributed by atoms with E-state index in [0.29, 0.717) is 34.5 Å². The second-order valence-corrected chi connectivity index (χ2v) is 12.0. The minimum atomic E-state index is -0.789. The van der Waals surface area contributed by atoms with E-state index in [4.69, 9.17) is 9.47 Å². The van der Waals surface area contributed by atoms with Crippen molar-refractivity contribution in [2.75, 3.05) is 40.4 Å². The lowest BCUT2D eigenvalue weighted by Gasteiger charge is -2.43. The average molecular weight is 678 g/mol. The summed E-state index contributed by atoms with van der Waals surface area (Å²) in [6.07, 6.45) is 2.66. The Kier molecular flexibility index (Phi) is 13.1. The predicted octanol–water partition coefficient (Wildman–Crippen LogP) is 5.96. The number of piperidine rings is 1. The van der Waals surface area contributed by atoms with Crippen LogP contribution in [0.2, 0.25) is 0 Å². The molecular formula is C37H44ClN3O7. The number of hydrogen-bond donors (Lipinski definition) is 0. The number of non-ortho nitro benzene ring substituents is 1. The molecule has 0 aliphatic carbocycles. The highest BCUT2D eigenvalue weighted by molar-refractivity contribution is 5.99. The second-order valence-electron chi connectivity index (χ2n) is 12.0. The van der Waals surface area contributed by atoms with Crippen LogP contribution >= 0.6 is 12.4 Å². The van der Waals surface area contributed by atoms with Crippen molar-refractivity contribution in [3.05, 3.63) is 134 Å². The van der Waals surface area contributed by atoms with Crippen molar-refractivity contribution in [1.29, 1.82) is 0 Å². The number of rotatable bonds is 10. The van der Waals surface area contributed by atoms with E-state index in [9.17, 15) is 19.7 Å². The Morgan fingerprint density at radius 3 is 1.83 bits per heavy atom. The lowest BCUT2D eigenvalue weighted by molar-refractivity contribution is -0.384. The molecule has 3 aromatic rings. The first-order chi connectivity index (χ1) is 22.2. The number of nitro groups is 1. The number of esters is 2. The van der Waals surface area contributed by atoms with E-state index in [-0.39, 0.29) is 35.6 Å². The molecule has 2 heterocycles. The minimum absolute atomic E-state index is 0. The molecule has 2 aliphatic heterocycles. The molecule has 10 nitrogen and oxygen atoms in total. The highest BCUT2D eigenvalue weighted by atomic mass is 35.5. The Hall–Kier alpha value is -4.51. The summed E-state index contributed by atoms with van der Waals surface area (Å²) < 4.78 is 11.0. The largest absolute Gasteiger partial charge is 0.466 e. The number of carbonyl (C=O) groups is 2. The molecule has 0 bridgehead atoms. The summed E-state index contributed by atoms with van der Waals surface area (Å²) in [5.74, 6) is -1.88. The molecule has 256 valence electrons. The van der Waals surface area contributed by atoms with Crippen molar-refractivity contribution < 1.29 is 29.5 Å². The number of nitrogens with zero attached hydrogens (tertiary/aromatic N) is 3. The third-order valence-corrected chi connectivity index (χ3v) is 9.64. The van der Waals surface area contributed by atoms with Gasteiger partial charge >= 0.3 is 11.9 Å². The van der Waals surface area contributed by atoms with Gasteiger partial charge in [-0.25, -0.2) is 9.59 Å². The quantitative estimate of drug-likeness (QED) is 0.111. The monoisotopic (exact) mass is 677 g/mol. The molecule has 0 saturated carbocycles. The van der Waals surface area contributed by atoms with E-state index < -0.39 is 22.8 Å². The molecule has 5 rings (SSSR count). The first-order valence-electron chi connectivity index (χ1n) is 15.7. The van der Waals surface area contributed by atoms with Crippen LogP contribution < -0.4 is 0 Å². The molecule has 0 radical (unpaired) electrons. The molecule has 1 saturated heterocycles. The first kappa shape index (κ1) is 37.9. The van der Waals surface area contributed by atoms with Crippen molar-refractivity contribution >= 4 is 30.0 Å². The standard InChI is InChI=1S/C37H41N3O6.ClH.H2O/c1-26-32(35(41)45-4)34(28-16-18-31(19-17-28)40(43)44)33(27(2)38(26)3)36(42)46-25-11-22-39-23-20-37(21-24-39,29-12-7-5-8-13-29)30-14-9-6-10-15-30;;/h5-10,12-19,34H,11,20-25H2,1-4H3;1H;1H2. The summed E-state index contributed by atoms with van der Waals surface area (Å²) in [6.45, 7) is 6.49. The zero-order chi connectivity index (χ0) is 32.8. The summed E-state index contributed by atoms with van der Waals surface area (Å²) >= 11 is 0. The van der Waals surface area contributed by atoms with Crippen LogP contribution in [-0.4, -0.2) is 72.5 Å². The SMILES string of the molecule is COC(=O)C1=C(C)N(C)C(C)=C(C(=O)OCCCN2CCC(c3ccccc3)(c3ccccc3)CC2)C1c1ccc([N+](=O)[O-])cc1.Cl.O. The Bertz CT molecular complexity index is 1590. The van der Waals surface area contributed by atoms with E-state index >= 15 is 0 Å². The zero-order valence-electron chi connectivity index (χ0n) is 27.8. The van der Waals surface area contributed by atoms with Gasteiger partial charge in [-0.05, 0) is 62.9 Å². The number of benzene rings is 3. The van der Waals surface area contributed by atoms with Gasteiger partial charge < -0.3 is 24.7 Å². The highest BCUT2D eigenvalue weighted by Crippen LogP contribution is 2.43. The van der Waals surface area contributed by atoms with Crippen LogP contribution in [0.5, 0.6) is 0 Å². The molecule has 3 aromatic carbocycles. The van der Waals surface area contributed by atoms with Crippen LogP contribution in [0.4, 0.5) is 5.69 Å². The van der Waals surface area contributed by atoms with Gasteiger partial charge in [0.25, 0.3) is 5.69 Å². The molecule has 1 unspecified atom stereocenters. The Labute approximate surface area is 287 Å². The van der Waals surface area contributed by atoms with Crippen molar-refractivity contribution in [3.8, 4) is 0 Å². The van der Waals surface area contributed by atoms with Crippen molar-refractivity contribution in [2.24, 2.45) is 0 Å². The summed E-state index contributed by atoms with van der Waals surface area (Å²) in [5.41, 5.74) is 5.04. The number of likely N-dealkylation sites (tertiary alicyclic amines) is 1. The van der Waals surface area contributed by atoms with E-state index in [0.717, 1.165) is 32.5 Å². The van der Waals surface area contributed by atoms with Gasteiger partial charge in [0, 0.05) is 42.5 Å².